The van der Waals surface area contributed by atoms with Gasteiger partial charge in [-0.2, -0.15) is 0 Å². The summed E-state index contributed by atoms with van der Waals surface area (Å²) in [6, 6.07) is 0. The second-order valence-corrected chi connectivity index (χ2v) is 5.11. The van der Waals surface area contributed by atoms with Gasteiger partial charge in [-0.3, -0.25) is 0 Å². The molecule has 0 radical (unpaired) electrons. The van der Waals surface area contributed by atoms with Gasteiger partial charge in [0.2, 0.25) is 5.88 Å². The van der Waals surface area contributed by atoms with Crippen LogP contribution in [0.25, 0.3) is 0 Å². The van der Waals surface area contributed by atoms with Crippen molar-refractivity contribution in [2.24, 2.45) is 0 Å². The van der Waals surface area contributed by atoms with Crippen LogP contribution >= 0.6 is 0 Å². The lowest BCUT2D eigenvalue weighted by Gasteiger charge is -2.15. The fourth-order valence-electron chi connectivity index (χ4n) is 2.09. The van der Waals surface area contributed by atoms with Crippen LogP contribution in [0.15, 0.2) is 6.33 Å². The standard InChI is InChI=1S/C15H27N3O/c1-5-6-7-8-9-10-19-15-13(12(2)3)14(16-4)17-11-18-15/h11-12H,5-10H2,1-4H3,(H,16,17,18). The lowest BCUT2D eigenvalue weighted by atomic mass is 10.1. The van der Waals surface area contributed by atoms with Crippen LogP contribution in [0.4, 0.5) is 5.82 Å². The lowest BCUT2D eigenvalue weighted by molar-refractivity contribution is 0.289. The first-order chi connectivity index (χ1) is 9.20. The molecule has 4 nitrogen and oxygen atoms in total. The third-order valence-electron chi connectivity index (χ3n) is 3.15. The third kappa shape index (κ3) is 5.05. The Hall–Kier alpha value is -1.32. The van der Waals surface area contributed by atoms with Gasteiger partial charge in [-0.1, -0.05) is 46.5 Å². The van der Waals surface area contributed by atoms with E-state index >= 15 is 0 Å². The van der Waals surface area contributed by atoms with Crippen LogP contribution in [0.3, 0.4) is 0 Å². The Kier molecular flexibility index (Phi) is 7.23. The van der Waals surface area contributed by atoms with Gasteiger partial charge in [0, 0.05) is 7.05 Å². The molecule has 0 spiro atoms. The van der Waals surface area contributed by atoms with Gasteiger partial charge >= 0.3 is 0 Å². The highest BCUT2D eigenvalue weighted by Crippen LogP contribution is 2.29. The highest BCUT2D eigenvalue weighted by atomic mass is 16.5. The molecule has 4 heteroatoms. The molecule has 0 unspecified atom stereocenters. The summed E-state index contributed by atoms with van der Waals surface area (Å²) in [4.78, 5) is 8.51. The van der Waals surface area contributed by atoms with Crippen molar-refractivity contribution in [2.75, 3.05) is 19.0 Å². The second kappa shape index (κ2) is 8.73. The van der Waals surface area contributed by atoms with E-state index in [9.17, 15) is 0 Å². The number of anilines is 1. The first-order valence-electron chi connectivity index (χ1n) is 7.36. The van der Waals surface area contributed by atoms with E-state index in [0.717, 1.165) is 30.3 Å². The van der Waals surface area contributed by atoms with Crippen LogP contribution in [0.5, 0.6) is 5.88 Å². The Balaban J connectivity index is 2.53. The summed E-state index contributed by atoms with van der Waals surface area (Å²) in [7, 11) is 1.88. The van der Waals surface area contributed by atoms with Gasteiger partial charge in [0.1, 0.15) is 12.1 Å². The van der Waals surface area contributed by atoms with Gasteiger partial charge in [0.25, 0.3) is 0 Å². The van der Waals surface area contributed by atoms with E-state index in [1.165, 1.54) is 25.7 Å². The minimum absolute atomic E-state index is 0.346. The molecule has 19 heavy (non-hydrogen) atoms. The monoisotopic (exact) mass is 265 g/mol. The van der Waals surface area contributed by atoms with Crippen LogP contribution < -0.4 is 10.1 Å². The maximum Gasteiger partial charge on any atom is 0.222 e. The molecule has 1 heterocycles. The zero-order valence-corrected chi connectivity index (χ0v) is 12.7. The zero-order chi connectivity index (χ0) is 14.1. The van der Waals surface area contributed by atoms with Crippen molar-refractivity contribution in [1.82, 2.24) is 9.97 Å². The highest BCUT2D eigenvalue weighted by molar-refractivity contribution is 5.50. The summed E-state index contributed by atoms with van der Waals surface area (Å²) in [6.45, 7) is 7.23. The minimum Gasteiger partial charge on any atom is -0.477 e. The molecular formula is C15H27N3O. The van der Waals surface area contributed by atoms with Gasteiger partial charge in [0.05, 0.1) is 12.2 Å². The highest BCUT2D eigenvalue weighted by Gasteiger charge is 2.15. The van der Waals surface area contributed by atoms with Crippen LogP contribution in [-0.2, 0) is 0 Å². The Morgan fingerprint density at radius 1 is 1.16 bits per heavy atom. The van der Waals surface area contributed by atoms with Crippen molar-refractivity contribution in [3.8, 4) is 5.88 Å². The maximum absolute atomic E-state index is 5.83. The Morgan fingerprint density at radius 3 is 2.53 bits per heavy atom. The van der Waals surface area contributed by atoms with E-state index in [4.69, 9.17) is 4.74 Å². The molecule has 1 rings (SSSR count). The molecule has 0 bridgehead atoms. The average molecular weight is 265 g/mol. The third-order valence-corrected chi connectivity index (χ3v) is 3.15. The maximum atomic E-state index is 5.83. The van der Waals surface area contributed by atoms with E-state index < -0.39 is 0 Å². The van der Waals surface area contributed by atoms with E-state index in [1.54, 1.807) is 6.33 Å². The lowest BCUT2D eigenvalue weighted by Crippen LogP contribution is -2.08. The largest absolute Gasteiger partial charge is 0.477 e. The number of aromatic nitrogens is 2. The summed E-state index contributed by atoms with van der Waals surface area (Å²) in [5.41, 5.74) is 1.07. The van der Waals surface area contributed by atoms with Crippen LogP contribution in [0.1, 0.15) is 64.4 Å². The van der Waals surface area contributed by atoms with E-state index in [-0.39, 0.29) is 0 Å². The van der Waals surface area contributed by atoms with Crippen molar-refractivity contribution in [3.63, 3.8) is 0 Å². The molecule has 108 valence electrons. The minimum atomic E-state index is 0.346. The zero-order valence-electron chi connectivity index (χ0n) is 12.7. The molecule has 0 aromatic carbocycles. The molecule has 0 amide bonds. The first kappa shape index (κ1) is 15.7. The van der Waals surface area contributed by atoms with Crippen LogP contribution in [0.2, 0.25) is 0 Å². The van der Waals surface area contributed by atoms with Gasteiger partial charge in [-0.05, 0) is 12.3 Å². The number of hydrogen-bond acceptors (Lipinski definition) is 4. The summed E-state index contributed by atoms with van der Waals surface area (Å²) >= 11 is 0. The molecule has 0 saturated heterocycles. The molecule has 0 fully saturated rings. The molecular weight excluding hydrogens is 238 g/mol. The second-order valence-electron chi connectivity index (χ2n) is 5.11. The summed E-state index contributed by atoms with van der Waals surface area (Å²) in [6.07, 6.45) is 7.77. The molecule has 1 aromatic heterocycles. The predicted molar refractivity (Wildman–Crippen MR) is 79.9 cm³/mol. The number of ether oxygens (including phenoxy) is 1. The first-order valence-corrected chi connectivity index (χ1v) is 7.36. The summed E-state index contributed by atoms with van der Waals surface area (Å²) in [5, 5.41) is 3.10. The average Bonchev–Trinajstić information content (AvgIpc) is 2.42. The predicted octanol–water partition coefficient (Wildman–Crippen LogP) is 3.99. The van der Waals surface area contributed by atoms with Crippen molar-refractivity contribution in [3.05, 3.63) is 11.9 Å². The van der Waals surface area contributed by atoms with Gasteiger partial charge in [0.15, 0.2) is 0 Å². The molecule has 1 aromatic rings. The van der Waals surface area contributed by atoms with E-state index in [0.29, 0.717) is 5.92 Å². The Morgan fingerprint density at radius 2 is 1.89 bits per heavy atom. The smallest absolute Gasteiger partial charge is 0.222 e. The normalized spacial score (nSPS) is 10.8. The number of hydrogen-bond donors (Lipinski definition) is 1. The summed E-state index contributed by atoms with van der Waals surface area (Å²) in [5.74, 6) is 1.94. The topological polar surface area (TPSA) is 47.0 Å². The number of nitrogens with zero attached hydrogens (tertiary/aromatic N) is 2. The quantitative estimate of drug-likeness (QED) is 0.686. The summed E-state index contributed by atoms with van der Waals surface area (Å²) < 4.78 is 5.83. The van der Waals surface area contributed by atoms with E-state index in [2.05, 4.69) is 36.1 Å². The van der Waals surface area contributed by atoms with Gasteiger partial charge < -0.3 is 10.1 Å². The fraction of sp³-hybridized carbons (Fsp3) is 0.733. The van der Waals surface area contributed by atoms with Gasteiger partial charge in [-0.15, -0.1) is 0 Å². The SMILES string of the molecule is CCCCCCCOc1ncnc(NC)c1C(C)C. The van der Waals surface area contributed by atoms with E-state index in [1.807, 2.05) is 7.05 Å². The molecule has 0 saturated carbocycles. The number of nitrogens with one attached hydrogen (secondary N) is 1. The molecule has 0 aliphatic heterocycles. The molecule has 0 atom stereocenters. The molecule has 1 N–H and O–H groups in total. The molecule has 0 aliphatic carbocycles. The number of unbranched alkanes of at least 4 members (excludes halogenated alkanes) is 4. The fourth-order valence-corrected chi connectivity index (χ4v) is 2.09. The Labute approximate surface area is 117 Å². The van der Waals surface area contributed by atoms with Gasteiger partial charge in [-0.25, -0.2) is 9.97 Å². The van der Waals surface area contributed by atoms with Crippen molar-refractivity contribution in [2.45, 2.75) is 58.8 Å². The van der Waals surface area contributed by atoms with Crippen molar-refractivity contribution in [1.29, 1.82) is 0 Å². The van der Waals surface area contributed by atoms with Crippen molar-refractivity contribution < 1.29 is 4.74 Å². The number of rotatable bonds is 9. The van der Waals surface area contributed by atoms with Crippen LogP contribution in [0, 0.1) is 0 Å². The molecule has 0 aliphatic rings. The van der Waals surface area contributed by atoms with Crippen LogP contribution in [-0.4, -0.2) is 23.6 Å². The Bertz CT molecular complexity index is 366. The van der Waals surface area contributed by atoms with Crippen molar-refractivity contribution >= 4 is 5.82 Å².